The number of fused-ring (bicyclic) bond motifs is 4. The minimum absolute atomic E-state index is 0.00715. The smallest absolute Gasteiger partial charge is 0.323 e. The van der Waals surface area contributed by atoms with Crippen LogP contribution in [0, 0.1) is 11.6 Å². The number of aromatic hydroxyl groups is 1. The molecule has 3 N–H and O–H groups in total. The SMILES string of the molecule is CCOC(=O)[C@H](C)NP(=O)(CCOc1c2c(c(O)c3ncccc13)C(=O)N(Cc1ccc(F)cc1)C2=O)Oc1ccccc1.CCOC(=O)[C@H](C)NP(=O)(CCOc1c2c(c(OCC[Si](C)(C)C)c3ncccc13)C(=O)N(Cc1ccc(F)cc1)C2=O)Oc1ccccc1. The molecule has 492 valence electrons. The number of carbonyl (C=O) groups excluding carboxylic acids is 6. The number of carbonyl (C=O) groups is 6. The van der Waals surface area contributed by atoms with Crippen LogP contribution in [0.2, 0.25) is 25.7 Å². The summed E-state index contributed by atoms with van der Waals surface area (Å²) >= 11 is 0. The lowest BCUT2D eigenvalue weighted by Crippen LogP contribution is -2.35. The number of hydrogen-bond acceptors (Lipinski definition) is 18. The predicted octanol–water partition coefficient (Wildman–Crippen LogP) is 12.1. The van der Waals surface area contributed by atoms with E-state index in [9.17, 15) is 51.8 Å². The summed E-state index contributed by atoms with van der Waals surface area (Å²) < 4.78 is 95.8. The Kier molecular flexibility index (Phi) is 22.1. The van der Waals surface area contributed by atoms with Gasteiger partial charge in [-0.1, -0.05) is 80.3 Å². The van der Waals surface area contributed by atoms with Crippen molar-refractivity contribution in [2.45, 2.75) is 78.6 Å². The van der Waals surface area contributed by atoms with Crippen molar-refractivity contribution in [2.75, 3.05) is 45.4 Å². The molecule has 0 spiro atoms. The molecule has 2 aliphatic rings. The van der Waals surface area contributed by atoms with Gasteiger partial charge in [-0.2, -0.15) is 0 Å². The van der Waals surface area contributed by atoms with Crippen molar-refractivity contribution in [3.05, 3.63) is 191 Å². The van der Waals surface area contributed by atoms with Gasteiger partial charge in [0, 0.05) is 31.2 Å². The number of aromatic nitrogens is 2. The molecule has 22 nitrogen and oxygen atoms in total. The summed E-state index contributed by atoms with van der Waals surface area (Å²) in [5.74, 6) is -4.52. The molecule has 0 saturated heterocycles. The second-order valence-corrected chi connectivity index (χ2v) is 33.0. The van der Waals surface area contributed by atoms with Crippen molar-refractivity contribution in [1.29, 1.82) is 0 Å². The van der Waals surface area contributed by atoms with Crippen molar-refractivity contribution in [2.24, 2.45) is 0 Å². The van der Waals surface area contributed by atoms with E-state index < -0.39 is 88.1 Å². The van der Waals surface area contributed by atoms with Gasteiger partial charge in [0.1, 0.15) is 68.9 Å². The van der Waals surface area contributed by atoms with Crippen LogP contribution in [-0.2, 0) is 41.3 Å². The molecule has 2 unspecified atom stereocenters. The van der Waals surface area contributed by atoms with Crippen LogP contribution >= 0.6 is 15.0 Å². The highest BCUT2D eigenvalue weighted by Crippen LogP contribution is 2.49. The number of esters is 2. The van der Waals surface area contributed by atoms with E-state index in [1.165, 1.54) is 68.6 Å². The van der Waals surface area contributed by atoms with Crippen molar-refractivity contribution in [3.8, 4) is 34.5 Å². The number of amides is 4. The number of imide groups is 2. The number of pyridine rings is 2. The van der Waals surface area contributed by atoms with Crippen molar-refractivity contribution >= 4 is 80.5 Å². The topological polar surface area (TPSA) is 278 Å². The van der Waals surface area contributed by atoms with Crippen LogP contribution in [0.25, 0.3) is 21.8 Å². The lowest BCUT2D eigenvalue weighted by atomic mass is 10.0. The van der Waals surface area contributed by atoms with Crippen LogP contribution in [0.1, 0.15) is 80.3 Å². The lowest BCUT2D eigenvalue weighted by Gasteiger charge is -2.24. The second-order valence-electron chi connectivity index (χ2n) is 22.9. The van der Waals surface area contributed by atoms with Crippen molar-refractivity contribution < 1.29 is 84.5 Å². The van der Waals surface area contributed by atoms with E-state index in [1.807, 2.05) is 0 Å². The summed E-state index contributed by atoms with van der Waals surface area (Å²) in [6.07, 6.45) is 2.49. The Labute approximate surface area is 541 Å². The van der Waals surface area contributed by atoms with Gasteiger partial charge in [0.2, 0.25) is 0 Å². The first kappa shape index (κ1) is 69.0. The largest absolute Gasteiger partial charge is 0.505 e. The number of halogens is 2. The minimum atomic E-state index is -3.83. The Hall–Kier alpha value is -9.38. The van der Waals surface area contributed by atoms with Gasteiger partial charge in [0.15, 0.2) is 11.5 Å². The van der Waals surface area contributed by atoms with E-state index >= 15 is 0 Å². The van der Waals surface area contributed by atoms with Gasteiger partial charge < -0.3 is 37.8 Å². The molecule has 0 fully saturated rings. The summed E-state index contributed by atoms with van der Waals surface area (Å²) in [7, 11) is -9.19. The monoisotopic (exact) mass is 1340 g/mol. The third-order valence-corrected chi connectivity index (χ3v) is 20.5. The van der Waals surface area contributed by atoms with Gasteiger partial charge in [-0.05, 0) is 118 Å². The highest BCUT2D eigenvalue weighted by atomic mass is 31.2. The number of ether oxygens (including phenoxy) is 5. The average molecular weight is 1340 g/mol. The van der Waals surface area contributed by atoms with Gasteiger partial charge in [-0.25, -0.2) is 19.0 Å². The summed E-state index contributed by atoms with van der Waals surface area (Å²) in [5, 5.41) is 17.2. The van der Waals surface area contributed by atoms with Gasteiger partial charge in [-0.3, -0.25) is 57.7 Å². The van der Waals surface area contributed by atoms with E-state index in [0.717, 1.165) is 15.8 Å². The van der Waals surface area contributed by atoms with Gasteiger partial charge in [-0.15, -0.1) is 0 Å². The first-order chi connectivity index (χ1) is 44.9. The summed E-state index contributed by atoms with van der Waals surface area (Å²) in [4.78, 5) is 90.8. The van der Waals surface area contributed by atoms with Crippen LogP contribution in [0.3, 0.4) is 0 Å². The quantitative estimate of drug-likeness (QED) is 0.0178. The third kappa shape index (κ3) is 16.3. The number of benzene rings is 6. The molecule has 0 bridgehead atoms. The number of phenols is 1. The zero-order valence-electron chi connectivity index (χ0n) is 52.6. The lowest BCUT2D eigenvalue weighted by molar-refractivity contribution is -0.145. The molecular weight excluding hydrogens is 1270 g/mol. The maximum Gasteiger partial charge on any atom is 0.323 e. The first-order valence-electron chi connectivity index (χ1n) is 30.2. The Morgan fingerprint density at radius 1 is 0.532 bits per heavy atom. The molecule has 4 heterocycles. The fraction of sp³-hybridized carbons (Fsp3) is 0.284. The fourth-order valence-corrected chi connectivity index (χ4v) is 14.4. The number of nitrogens with zero attached hydrogens (tertiary/aromatic N) is 4. The van der Waals surface area contributed by atoms with Crippen LogP contribution < -0.4 is 33.4 Å². The Morgan fingerprint density at radius 3 is 1.34 bits per heavy atom. The molecule has 0 saturated carbocycles. The van der Waals surface area contributed by atoms with Crippen LogP contribution in [0.5, 0.6) is 34.5 Å². The van der Waals surface area contributed by atoms with Gasteiger partial charge in [0.25, 0.3) is 23.6 Å². The van der Waals surface area contributed by atoms with Crippen molar-refractivity contribution in [1.82, 2.24) is 29.9 Å². The number of nitrogens with one attached hydrogen (secondary N) is 2. The predicted molar refractivity (Wildman–Crippen MR) is 349 cm³/mol. The average Bonchev–Trinajstić information content (AvgIpc) is 1.55. The normalized spacial score (nSPS) is 14.6. The molecule has 6 aromatic carbocycles. The van der Waals surface area contributed by atoms with E-state index in [1.54, 1.807) is 105 Å². The van der Waals surface area contributed by atoms with Gasteiger partial charge in [0.05, 0.1) is 69.6 Å². The molecule has 8 aromatic rings. The zero-order chi connectivity index (χ0) is 67.5. The maximum absolute atomic E-state index is 14.2. The van der Waals surface area contributed by atoms with Crippen molar-refractivity contribution in [3.63, 3.8) is 0 Å². The number of para-hydroxylation sites is 2. The van der Waals surface area contributed by atoms with E-state index in [-0.39, 0.29) is 108 Å². The molecule has 94 heavy (non-hydrogen) atoms. The molecule has 4 atom stereocenters. The molecule has 10 rings (SSSR count). The molecule has 0 radical (unpaired) electrons. The zero-order valence-corrected chi connectivity index (χ0v) is 55.4. The molecule has 2 aliphatic heterocycles. The van der Waals surface area contributed by atoms with E-state index in [2.05, 4.69) is 39.8 Å². The molecule has 0 aliphatic carbocycles. The highest BCUT2D eigenvalue weighted by molar-refractivity contribution is 7.57. The summed E-state index contributed by atoms with van der Waals surface area (Å²) in [6.45, 7) is 12.7. The number of hydrogen-bond donors (Lipinski definition) is 3. The number of phenolic OH excluding ortho intramolecular Hbond substituents is 1. The summed E-state index contributed by atoms with van der Waals surface area (Å²) in [5.41, 5.74) is 0.958. The molecule has 2 aromatic heterocycles. The fourth-order valence-electron chi connectivity index (χ4n) is 10.1. The molecular formula is C67H70F2N6O16P2Si. The Bertz CT molecular complexity index is 4230. The van der Waals surface area contributed by atoms with Crippen LogP contribution in [-0.4, -0.2) is 126 Å². The Balaban J connectivity index is 0.000000223. The Morgan fingerprint density at radius 2 is 0.915 bits per heavy atom. The summed E-state index contributed by atoms with van der Waals surface area (Å²) in [6, 6.07) is 33.1. The molecule has 4 amide bonds. The highest BCUT2D eigenvalue weighted by Gasteiger charge is 2.45. The number of rotatable bonds is 28. The molecule has 27 heteroatoms. The van der Waals surface area contributed by atoms with Crippen LogP contribution in [0.4, 0.5) is 8.78 Å². The van der Waals surface area contributed by atoms with E-state index in [0.29, 0.717) is 34.4 Å². The van der Waals surface area contributed by atoms with E-state index in [4.69, 9.17) is 32.7 Å². The maximum atomic E-state index is 14.2. The van der Waals surface area contributed by atoms with Crippen LogP contribution in [0.15, 0.2) is 146 Å². The van der Waals surface area contributed by atoms with Gasteiger partial charge >= 0.3 is 27.0 Å². The first-order valence-corrected chi connectivity index (χ1v) is 37.5. The third-order valence-electron chi connectivity index (χ3n) is 14.7. The minimum Gasteiger partial charge on any atom is -0.505 e. The second kappa shape index (κ2) is 30.1. The standard InChI is InChI=1S/C36H41FN3O8PSi.C31H29FN3O8P/c1-6-45-36(43)24(2)39-49(44,48-27-11-8-7-9-12-27)21-19-46-32-28-13-10-18-38-31(28)33(47-20-22-50(3,4)5)30-29(32)34(41)40(35(30)42)23-25-14-16-26(37)17-15-25;1-3-41-31(39)19(2)34-44(40,43-22-8-5-4-6-9-22)17-16-42-28-23-10-7-15-33-26(23)27(36)24-25(28)30(38)35(29(24)37)18-20-11-13-21(32)14-12-20/h7-18,24H,6,19-23H2,1-5H3,(H,39,44);4-15,19,36H,3,16-18H2,1-2H3,(H,34,40)/t24-,49?;19-,44?/m00/s1.